The summed E-state index contributed by atoms with van der Waals surface area (Å²) in [5.41, 5.74) is 0. The Morgan fingerprint density at radius 2 is 1.80 bits per heavy atom. The van der Waals surface area contributed by atoms with Crippen molar-refractivity contribution in [2.45, 2.75) is 18.9 Å². The summed E-state index contributed by atoms with van der Waals surface area (Å²) in [5, 5.41) is 0. The van der Waals surface area contributed by atoms with Crippen molar-refractivity contribution in [2.24, 2.45) is 0 Å². The molecule has 0 saturated carbocycles. The Balaban J connectivity index is 0.000000371. The summed E-state index contributed by atoms with van der Waals surface area (Å²) in [5.74, 6) is 0. The van der Waals surface area contributed by atoms with Gasteiger partial charge in [0.1, 0.15) is 0 Å². The maximum absolute atomic E-state index is 9.50. The van der Waals surface area contributed by atoms with E-state index in [4.69, 9.17) is 9.47 Å². The fourth-order valence-electron chi connectivity index (χ4n) is 0.912. The minimum absolute atomic E-state index is 0.462. The number of rotatable bonds is 1. The molecule has 1 aliphatic rings. The van der Waals surface area contributed by atoms with Crippen molar-refractivity contribution >= 4 is 0 Å². The molecule has 10 heavy (non-hydrogen) atoms. The number of ether oxygens (including phenoxy) is 2. The minimum Gasteiger partial charge on any atom is -0.381 e. The zero-order chi connectivity index (χ0) is 7.82. The quantitative estimate of drug-likeness (QED) is 0.562. The molecule has 1 rings (SSSR count). The minimum atomic E-state index is 0.462. The third-order valence-corrected chi connectivity index (χ3v) is 1.50. The fourth-order valence-corrected chi connectivity index (χ4v) is 0.912. The second kappa shape index (κ2) is 6.96. The normalized spacial score (nSPS) is 19.5. The van der Waals surface area contributed by atoms with Gasteiger partial charge in [0.25, 0.3) is 0 Å². The lowest BCUT2D eigenvalue weighted by atomic mass is 10.2. The monoisotopic (exact) mass is 150 g/mol. The molecule has 3 heteroatoms. The molecular formula is C7H15FO2. The largest absolute Gasteiger partial charge is 0.381 e. The van der Waals surface area contributed by atoms with Crippen molar-refractivity contribution in [3.05, 3.63) is 0 Å². The van der Waals surface area contributed by atoms with E-state index in [1.807, 2.05) is 0 Å². The molecule has 0 radical (unpaired) electrons. The third kappa shape index (κ3) is 3.80. The van der Waals surface area contributed by atoms with E-state index >= 15 is 0 Å². The van der Waals surface area contributed by atoms with Crippen molar-refractivity contribution in [1.82, 2.24) is 0 Å². The Morgan fingerprint density at radius 3 is 2.10 bits per heavy atom. The van der Waals surface area contributed by atoms with E-state index in [1.165, 1.54) is 0 Å². The molecule has 0 aromatic heterocycles. The third-order valence-electron chi connectivity index (χ3n) is 1.50. The molecule has 0 aliphatic carbocycles. The highest BCUT2D eigenvalue weighted by Crippen LogP contribution is 2.08. The summed E-state index contributed by atoms with van der Waals surface area (Å²) in [4.78, 5) is 0. The first-order valence-corrected chi connectivity index (χ1v) is 3.42. The van der Waals surface area contributed by atoms with Crippen LogP contribution in [0.3, 0.4) is 0 Å². The van der Waals surface area contributed by atoms with Crippen molar-refractivity contribution in [1.29, 1.82) is 0 Å². The molecule has 0 amide bonds. The van der Waals surface area contributed by atoms with E-state index in [0.717, 1.165) is 26.1 Å². The number of alkyl halides is 1. The van der Waals surface area contributed by atoms with Crippen LogP contribution in [0.2, 0.25) is 0 Å². The number of methoxy groups -OCH3 is 1. The van der Waals surface area contributed by atoms with Gasteiger partial charge in [-0.05, 0) is 12.8 Å². The van der Waals surface area contributed by atoms with Crippen molar-refractivity contribution < 1.29 is 13.9 Å². The van der Waals surface area contributed by atoms with Gasteiger partial charge in [-0.15, -0.1) is 0 Å². The van der Waals surface area contributed by atoms with E-state index in [9.17, 15) is 4.39 Å². The van der Waals surface area contributed by atoms with Crippen LogP contribution in [0.4, 0.5) is 4.39 Å². The molecule has 0 bridgehead atoms. The highest BCUT2D eigenvalue weighted by molar-refractivity contribution is 4.60. The van der Waals surface area contributed by atoms with E-state index in [0.29, 0.717) is 13.3 Å². The maximum atomic E-state index is 9.50. The van der Waals surface area contributed by atoms with E-state index < -0.39 is 0 Å². The molecule has 1 aliphatic heterocycles. The van der Waals surface area contributed by atoms with Crippen LogP contribution in [-0.2, 0) is 9.47 Å². The molecule has 0 spiro atoms. The molecule has 0 atom stereocenters. The van der Waals surface area contributed by atoms with Crippen LogP contribution in [0.5, 0.6) is 0 Å². The Morgan fingerprint density at radius 1 is 1.30 bits per heavy atom. The molecule has 0 aromatic carbocycles. The Bertz CT molecular complexity index is 62.6. The number of halogens is 1. The molecule has 2 nitrogen and oxygen atoms in total. The highest BCUT2D eigenvalue weighted by Gasteiger charge is 2.10. The van der Waals surface area contributed by atoms with Crippen LogP contribution in [0.1, 0.15) is 12.8 Å². The van der Waals surface area contributed by atoms with Gasteiger partial charge in [0, 0.05) is 20.3 Å². The standard InChI is InChI=1S/C6H12O2.CH3F/c1-7-6-2-4-8-5-3-6;1-2/h6H,2-5H2,1H3;1H3. The molecular weight excluding hydrogens is 135 g/mol. The van der Waals surface area contributed by atoms with Gasteiger partial charge < -0.3 is 9.47 Å². The SMILES string of the molecule is CF.COC1CCOCC1. The second-order valence-electron chi connectivity index (χ2n) is 2.05. The van der Waals surface area contributed by atoms with Crippen LogP contribution < -0.4 is 0 Å². The van der Waals surface area contributed by atoms with Crippen molar-refractivity contribution in [3.63, 3.8) is 0 Å². The van der Waals surface area contributed by atoms with Gasteiger partial charge in [-0.2, -0.15) is 0 Å². The van der Waals surface area contributed by atoms with Gasteiger partial charge in [-0.25, -0.2) is 0 Å². The zero-order valence-electron chi connectivity index (χ0n) is 6.60. The summed E-state index contributed by atoms with van der Waals surface area (Å²) in [6.45, 7) is 1.75. The number of hydrogen-bond acceptors (Lipinski definition) is 2. The van der Waals surface area contributed by atoms with Crippen molar-refractivity contribution in [2.75, 3.05) is 27.5 Å². The first-order valence-electron chi connectivity index (χ1n) is 3.42. The van der Waals surface area contributed by atoms with Crippen LogP contribution in [0.25, 0.3) is 0 Å². The van der Waals surface area contributed by atoms with E-state index in [2.05, 4.69) is 0 Å². The molecule has 0 aromatic rings. The summed E-state index contributed by atoms with van der Waals surface area (Å²) in [7, 11) is 2.26. The average Bonchev–Trinajstić information content (AvgIpc) is 2.10. The first kappa shape index (κ1) is 9.85. The lowest BCUT2D eigenvalue weighted by Gasteiger charge is -2.19. The van der Waals surface area contributed by atoms with E-state index in [-0.39, 0.29) is 0 Å². The second-order valence-corrected chi connectivity index (χ2v) is 2.05. The summed E-state index contributed by atoms with van der Waals surface area (Å²) in [6.07, 6.45) is 2.59. The predicted octanol–water partition coefficient (Wildman–Crippen LogP) is 1.40. The Hall–Kier alpha value is -0.150. The fraction of sp³-hybridized carbons (Fsp3) is 1.00. The van der Waals surface area contributed by atoms with Crippen LogP contribution in [0.15, 0.2) is 0 Å². The molecule has 0 unspecified atom stereocenters. The van der Waals surface area contributed by atoms with Crippen LogP contribution in [0, 0.1) is 0 Å². The lowest BCUT2D eigenvalue weighted by molar-refractivity contribution is -0.00998. The average molecular weight is 150 g/mol. The van der Waals surface area contributed by atoms with Gasteiger partial charge in [0.2, 0.25) is 0 Å². The summed E-state index contributed by atoms with van der Waals surface area (Å²) >= 11 is 0. The lowest BCUT2D eigenvalue weighted by Crippen LogP contribution is -2.21. The molecule has 0 N–H and O–H groups in total. The summed E-state index contributed by atoms with van der Waals surface area (Å²) < 4.78 is 19.7. The number of hydrogen-bond donors (Lipinski definition) is 0. The van der Waals surface area contributed by atoms with Gasteiger partial charge in [-0.1, -0.05) is 0 Å². The molecule has 1 heterocycles. The van der Waals surface area contributed by atoms with Gasteiger partial charge in [-0.3, -0.25) is 4.39 Å². The van der Waals surface area contributed by atoms with E-state index in [1.54, 1.807) is 7.11 Å². The molecule has 1 fully saturated rings. The zero-order valence-corrected chi connectivity index (χ0v) is 6.60. The van der Waals surface area contributed by atoms with Gasteiger partial charge in [0.15, 0.2) is 0 Å². The van der Waals surface area contributed by atoms with Gasteiger partial charge in [0.05, 0.1) is 13.3 Å². The first-order chi connectivity index (χ1) is 4.93. The van der Waals surface area contributed by atoms with Crippen LogP contribution in [-0.4, -0.2) is 33.6 Å². The maximum Gasteiger partial charge on any atom is 0.0785 e. The highest BCUT2D eigenvalue weighted by atomic mass is 19.1. The van der Waals surface area contributed by atoms with Crippen LogP contribution >= 0.6 is 0 Å². The molecule has 1 saturated heterocycles. The Labute approximate surface area is 61.3 Å². The predicted molar refractivity (Wildman–Crippen MR) is 37.9 cm³/mol. The van der Waals surface area contributed by atoms with Crippen molar-refractivity contribution in [3.8, 4) is 0 Å². The Kier molecular flexibility index (Phi) is 6.86. The summed E-state index contributed by atoms with van der Waals surface area (Å²) in [6, 6.07) is 0. The topological polar surface area (TPSA) is 18.5 Å². The molecule has 62 valence electrons. The smallest absolute Gasteiger partial charge is 0.0785 e. The van der Waals surface area contributed by atoms with Gasteiger partial charge >= 0.3 is 0 Å².